The Kier molecular flexibility index (Phi) is 2.09. The van der Waals surface area contributed by atoms with Crippen LogP contribution in [0.4, 0.5) is 13.2 Å². The molecule has 0 saturated carbocycles. The van der Waals surface area contributed by atoms with Crippen LogP contribution < -0.4 is 0 Å². The fraction of sp³-hybridized carbons (Fsp3) is 0.286. The summed E-state index contributed by atoms with van der Waals surface area (Å²) in [5, 5.41) is 8.25. The Hall–Kier alpha value is -1.44. The van der Waals surface area contributed by atoms with Crippen molar-refractivity contribution in [2.24, 2.45) is 0 Å². The Morgan fingerprint density at radius 1 is 1.50 bits per heavy atom. The molecule has 0 aromatic rings. The minimum Gasteiger partial charge on any atom is -0.479 e. The maximum Gasteiger partial charge on any atom is 0.416 e. The van der Waals surface area contributed by atoms with Gasteiger partial charge in [-0.05, 0) is 12.2 Å². The first-order valence-corrected chi connectivity index (χ1v) is 3.04. The van der Waals surface area contributed by atoms with Gasteiger partial charge in [-0.25, -0.2) is 0 Å². The van der Waals surface area contributed by atoms with Gasteiger partial charge in [0.25, 0.3) is 0 Å². The second-order valence-electron chi connectivity index (χ2n) is 2.11. The highest BCUT2D eigenvalue weighted by molar-refractivity contribution is 5.29. The number of ether oxygens (including phenoxy) is 1. The van der Waals surface area contributed by atoms with Crippen LogP contribution in [0.1, 0.15) is 0 Å². The van der Waals surface area contributed by atoms with E-state index >= 15 is 0 Å². The average Bonchev–Trinajstić information content (AvgIpc) is 2.03. The number of rotatable bonds is 0. The average molecular weight is 175 g/mol. The smallest absolute Gasteiger partial charge is 0.416 e. The Balaban J connectivity index is 2.86. The molecule has 0 radical (unpaired) electrons. The lowest BCUT2D eigenvalue weighted by molar-refractivity contribution is -0.0897. The van der Waals surface area contributed by atoms with Crippen molar-refractivity contribution in [3.8, 4) is 6.07 Å². The number of halogens is 3. The van der Waals surface area contributed by atoms with Crippen LogP contribution >= 0.6 is 0 Å². The van der Waals surface area contributed by atoms with Crippen LogP contribution in [0.25, 0.3) is 0 Å². The first-order valence-electron chi connectivity index (χ1n) is 3.04. The summed E-state index contributed by atoms with van der Waals surface area (Å²) >= 11 is 0. The van der Waals surface area contributed by atoms with Gasteiger partial charge in [0.2, 0.25) is 6.10 Å². The molecule has 12 heavy (non-hydrogen) atoms. The topological polar surface area (TPSA) is 33.0 Å². The molecule has 5 heteroatoms. The molecular weight excluding hydrogens is 171 g/mol. The van der Waals surface area contributed by atoms with Crippen LogP contribution in [0, 0.1) is 11.3 Å². The fourth-order valence-electron chi connectivity index (χ4n) is 0.712. The minimum atomic E-state index is -4.41. The van der Waals surface area contributed by atoms with Gasteiger partial charge in [-0.3, -0.25) is 0 Å². The summed E-state index contributed by atoms with van der Waals surface area (Å²) in [4.78, 5) is 0. The molecule has 1 aliphatic rings. The third-order valence-electron chi connectivity index (χ3n) is 1.26. The molecule has 0 fully saturated rings. The molecule has 1 atom stereocenters. The molecule has 64 valence electrons. The predicted octanol–water partition coefficient (Wildman–Crippen LogP) is 1.91. The van der Waals surface area contributed by atoms with Gasteiger partial charge >= 0.3 is 6.18 Å². The van der Waals surface area contributed by atoms with E-state index in [0.717, 1.165) is 18.4 Å². The normalized spacial score (nSPS) is 22.5. The standard InChI is InChI=1S/C7H4F3NO/c8-7(9,10)5-1-2-12-6(3-5)4-11/h1-3,6H. The molecule has 0 saturated heterocycles. The number of hydrogen-bond donors (Lipinski definition) is 0. The molecule has 0 N–H and O–H groups in total. The van der Waals surface area contributed by atoms with E-state index in [0.29, 0.717) is 0 Å². The lowest BCUT2D eigenvalue weighted by Gasteiger charge is -2.14. The van der Waals surface area contributed by atoms with Crippen molar-refractivity contribution in [3.05, 3.63) is 24.0 Å². The van der Waals surface area contributed by atoms with Crippen molar-refractivity contribution < 1.29 is 17.9 Å². The summed E-state index contributed by atoms with van der Waals surface area (Å²) < 4.78 is 40.4. The van der Waals surface area contributed by atoms with Gasteiger partial charge in [0, 0.05) is 0 Å². The SMILES string of the molecule is N#CC1C=C(C(F)(F)F)C=CO1. The van der Waals surface area contributed by atoms with E-state index in [1.807, 2.05) is 0 Å². The van der Waals surface area contributed by atoms with Crippen molar-refractivity contribution in [2.75, 3.05) is 0 Å². The summed E-state index contributed by atoms with van der Waals surface area (Å²) in [6.45, 7) is 0. The van der Waals surface area contributed by atoms with Crippen LogP contribution in [-0.4, -0.2) is 12.3 Å². The molecule has 1 aliphatic heterocycles. The van der Waals surface area contributed by atoms with Crippen molar-refractivity contribution in [2.45, 2.75) is 12.3 Å². The molecule has 0 aromatic carbocycles. The van der Waals surface area contributed by atoms with Crippen LogP contribution in [0.3, 0.4) is 0 Å². The summed E-state index contributed by atoms with van der Waals surface area (Å²) in [5.41, 5.74) is -0.847. The summed E-state index contributed by atoms with van der Waals surface area (Å²) in [6.07, 6.45) is -3.15. The third-order valence-corrected chi connectivity index (χ3v) is 1.26. The van der Waals surface area contributed by atoms with E-state index in [1.165, 1.54) is 0 Å². The Morgan fingerprint density at radius 3 is 2.67 bits per heavy atom. The Labute approximate surface area is 66.5 Å². The van der Waals surface area contributed by atoms with Crippen LogP contribution in [0.5, 0.6) is 0 Å². The van der Waals surface area contributed by atoms with E-state index in [1.54, 1.807) is 6.07 Å². The summed E-state index contributed by atoms with van der Waals surface area (Å²) in [7, 11) is 0. The number of nitriles is 1. The van der Waals surface area contributed by atoms with Crippen molar-refractivity contribution in [1.29, 1.82) is 5.26 Å². The van der Waals surface area contributed by atoms with Gasteiger partial charge < -0.3 is 4.74 Å². The highest BCUT2D eigenvalue weighted by Crippen LogP contribution is 2.28. The van der Waals surface area contributed by atoms with Gasteiger partial charge in [-0.2, -0.15) is 18.4 Å². The number of hydrogen-bond acceptors (Lipinski definition) is 2. The number of alkyl halides is 3. The minimum absolute atomic E-state index is 0.736. The third kappa shape index (κ3) is 1.78. The maximum atomic E-state index is 12.0. The summed E-state index contributed by atoms with van der Waals surface area (Å²) in [6, 6.07) is 1.56. The van der Waals surface area contributed by atoms with E-state index in [4.69, 9.17) is 5.26 Å². The van der Waals surface area contributed by atoms with Crippen LogP contribution in [0.15, 0.2) is 24.0 Å². The molecular formula is C7H4F3NO. The van der Waals surface area contributed by atoms with Gasteiger partial charge in [-0.15, -0.1) is 0 Å². The first kappa shape index (κ1) is 8.65. The molecule has 0 amide bonds. The number of allylic oxidation sites excluding steroid dienone is 2. The van der Waals surface area contributed by atoms with E-state index in [-0.39, 0.29) is 0 Å². The lowest BCUT2D eigenvalue weighted by atomic mass is 10.1. The summed E-state index contributed by atoms with van der Waals surface area (Å²) in [5.74, 6) is 0. The quantitative estimate of drug-likeness (QED) is 0.563. The second kappa shape index (κ2) is 2.89. The van der Waals surface area contributed by atoms with Crippen molar-refractivity contribution in [1.82, 2.24) is 0 Å². The maximum absolute atomic E-state index is 12.0. The van der Waals surface area contributed by atoms with Gasteiger partial charge in [0.05, 0.1) is 11.8 Å². The zero-order valence-electron chi connectivity index (χ0n) is 5.80. The van der Waals surface area contributed by atoms with Crippen LogP contribution in [-0.2, 0) is 4.74 Å². The predicted molar refractivity (Wildman–Crippen MR) is 33.8 cm³/mol. The highest BCUT2D eigenvalue weighted by atomic mass is 19.4. The fourth-order valence-corrected chi connectivity index (χ4v) is 0.712. The largest absolute Gasteiger partial charge is 0.479 e. The van der Waals surface area contributed by atoms with E-state index in [2.05, 4.69) is 4.74 Å². The Bertz CT molecular complexity index is 271. The van der Waals surface area contributed by atoms with Crippen LogP contribution in [0.2, 0.25) is 0 Å². The lowest BCUT2D eigenvalue weighted by Crippen LogP contribution is -2.17. The molecule has 2 nitrogen and oxygen atoms in total. The molecule has 0 aliphatic carbocycles. The van der Waals surface area contributed by atoms with Gasteiger partial charge in [0.1, 0.15) is 6.07 Å². The van der Waals surface area contributed by atoms with E-state index in [9.17, 15) is 13.2 Å². The van der Waals surface area contributed by atoms with E-state index < -0.39 is 17.9 Å². The molecule has 1 unspecified atom stereocenters. The molecule has 1 rings (SSSR count). The van der Waals surface area contributed by atoms with Crippen molar-refractivity contribution >= 4 is 0 Å². The van der Waals surface area contributed by atoms with Gasteiger partial charge in [-0.1, -0.05) is 0 Å². The number of nitrogens with zero attached hydrogens (tertiary/aromatic N) is 1. The molecule has 0 bridgehead atoms. The Morgan fingerprint density at radius 2 is 2.17 bits per heavy atom. The first-order chi connectivity index (χ1) is 5.54. The van der Waals surface area contributed by atoms with Crippen molar-refractivity contribution in [3.63, 3.8) is 0 Å². The van der Waals surface area contributed by atoms with Gasteiger partial charge in [0.15, 0.2) is 0 Å². The zero-order chi connectivity index (χ0) is 9.19. The molecule has 0 aromatic heterocycles. The highest BCUT2D eigenvalue weighted by Gasteiger charge is 2.33. The molecule has 1 heterocycles. The monoisotopic (exact) mass is 175 g/mol. The second-order valence-corrected chi connectivity index (χ2v) is 2.11. The zero-order valence-corrected chi connectivity index (χ0v) is 5.80. The molecule has 0 spiro atoms.